The van der Waals surface area contributed by atoms with E-state index in [1.807, 2.05) is 0 Å². The maximum Gasteiger partial charge on any atom is 0.336 e. The standard InChI is InChI=1S/C12H18O5/c13-9(14)11(5-1-2-6-11)17-12(10(15)16)7-3-4-8-12/h1-8H2,(H,13,14)(H,15,16). The van der Waals surface area contributed by atoms with Gasteiger partial charge in [-0.1, -0.05) is 0 Å². The van der Waals surface area contributed by atoms with Gasteiger partial charge < -0.3 is 14.9 Å². The number of ether oxygens (including phenoxy) is 1. The highest BCUT2D eigenvalue weighted by molar-refractivity contribution is 5.81. The van der Waals surface area contributed by atoms with E-state index in [0.29, 0.717) is 25.7 Å². The highest BCUT2D eigenvalue weighted by Gasteiger charge is 2.53. The van der Waals surface area contributed by atoms with Crippen molar-refractivity contribution in [3.63, 3.8) is 0 Å². The molecule has 0 saturated heterocycles. The largest absolute Gasteiger partial charge is 0.479 e. The van der Waals surface area contributed by atoms with Crippen LogP contribution in [0.1, 0.15) is 51.4 Å². The van der Waals surface area contributed by atoms with Gasteiger partial charge in [0.05, 0.1) is 0 Å². The van der Waals surface area contributed by atoms with E-state index in [9.17, 15) is 19.8 Å². The Morgan fingerprint density at radius 1 is 0.765 bits per heavy atom. The zero-order chi connectivity index (χ0) is 12.5. The molecule has 0 aromatic carbocycles. The van der Waals surface area contributed by atoms with E-state index >= 15 is 0 Å². The lowest BCUT2D eigenvalue weighted by molar-refractivity contribution is -0.203. The lowest BCUT2D eigenvalue weighted by Gasteiger charge is -2.34. The molecule has 0 aromatic rings. The number of carbonyl (C=O) groups is 2. The normalized spacial score (nSPS) is 25.9. The molecule has 0 unspecified atom stereocenters. The highest BCUT2D eigenvalue weighted by atomic mass is 16.6. The fourth-order valence-corrected chi connectivity index (χ4v) is 2.99. The predicted molar refractivity (Wildman–Crippen MR) is 58.8 cm³/mol. The summed E-state index contributed by atoms with van der Waals surface area (Å²) in [5, 5.41) is 18.6. The minimum absolute atomic E-state index is 0.428. The molecule has 0 amide bonds. The van der Waals surface area contributed by atoms with Crippen LogP contribution in [0.4, 0.5) is 0 Å². The molecule has 0 aromatic heterocycles. The molecule has 17 heavy (non-hydrogen) atoms. The van der Waals surface area contributed by atoms with Crippen molar-refractivity contribution in [1.29, 1.82) is 0 Å². The third kappa shape index (κ3) is 2.04. The maximum atomic E-state index is 11.4. The summed E-state index contributed by atoms with van der Waals surface area (Å²) in [7, 11) is 0. The second kappa shape index (κ2) is 4.29. The second-order valence-corrected chi connectivity index (χ2v) is 5.12. The Hall–Kier alpha value is -1.10. The van der Waals surface area contributed by atoms with Gasteiger partial charge >= 0.3 is 11.9 Å². The van der Waals surface area contributed by atoms with E-state index in [-0.39, 0.29) is 0 Å². The van der Waals surface area contributed by atoms with Crippen LogP contribution in [0.25, 0.3) is 0 Å². The first-order chi connectivity index (χ1) is 8.01. The monoisotopic (exact) mass is 242 g/mol. The minimum atomic E-state index is -1.26. The molecule has 0 aliphatic heterocycles. The summed E-state index contributed by atoms with van der Waals surface area (Å²) < 4.78 is 5.67. The molecule has 5 nitrogen and oxygen atoms in total. The molecule has 2 aliphatic rings. The van der Waals surface area contributed by atoms with Crippen LogP contribution in [0.15, 0.2) is 0 Å². The lowest BCUT2D eigenvalue weighted by Crippen LogP contribution is -2.50. The average Bonchev–Trinajstić information content (AvgIpc) is 2.88. The topological polar surface area (TPSA) is 83.8 Å². The molecule has 0 atom stereocenters. The minimum Gasteiger partial charge on any atom is -0.479 e. The van der Waals surface area contributed by atoms with Crippen molar-refractivity contribution in [1.82, 2.24) is 0 Å². The van der Waals surface area contributed by atoms with Crippen molar-refractivity contribution in [2.75, 3.05) is 0 Å². The summed E-state index contributed by atoms with van der Waals surface area (Å²) in [5.74, 6) is -2.02. The van der Waals surface area contributed by atoms with E-state index in [2.05, 4.69) is 0 Å². The number of rotatable bonds is 4. The number of aliphatic carboxylic acids is 2. The van der Waals surface area contributed by atoms with Gasteiger partial charge in [-0.3, -0.25) is 0 Å². The molecule has 5 heteroatoms. The third-order valence-electron chi connectivity index (χ3n) is 3.99. The fraction of sp³-hybridized carbons (Fsp3) is 0.833. The molecular formula is C12H18O5. The van der Waals surface area contributed by atoms with Gasteiger partial charge in [0.25, 0.3) is 0 Å². The van der Waals surface area contributed by atoms with Crippen molar-refractivity contribution in [2.45, 2.75) is 62.6 Å². The van der Waals surface area contributed by atoms with E-state index in [1.54, 1.807) is 0 Å². The molecule has 2 rings (SSSR count). The molecule has 0 heterocycles. The van der Waals surface area contributed by atoms with Crippen LogP contribution in [-0.2, 0) is 14.3 Å². The predicted octanol–water partition coefficient (Wildman–Crippen LogP) is 1.80. The van der Waals surface area contributed by atoms with Crippen LogP contribution >= 0.6 is 0 Å². The quantitative estimate of drug-likeness (QED) is 0.785. The van der Waals surface area contributed by atoms with Crippen LogP contribution in [-0.4, -0.2) is 33.4 Å². The van der Waals surface area contributed by atoms with Gasteiger partial charge in [0.2, 0.25) is 0 Å². The summed E-state index contributed by atoms with van der Waals surface area (Å²) in [5.41, 5.74) is -2.52. The summed E-state index contributed by atoms with van der Waals surface area (Å²) >= 11 is 0. The van der Waals surface area contributed by atoms with E-state index in [4.69, 9.17) is 4.74 Å². The van der Waals surface area contributed by atoms with Gasteiger partial charge in [0.1, 0.15) is 0 Å². The maximum absolute atomic E-state index is 11.4. The molecule has 0 bridgehead atoms. The Bertz CT molecular complexity index is 292. The molecule has 0 spiro atoms. The number of carboxylic acid groups (broad SMARTS) is 2. The Morgan fingerprint density at radius 3 is 1.29 bits per heavy atom. The van der Waals surface area contributed by atoms with E-state index < -0.39 is 23.1 Å². The highest BCUT2D eigenvalue weighted by Crippen LogP contribution is 2.43. The molecule has 2 N–H and O–H groups in total. The van der Waals surface area contributed by atoms with Crippen molar-refractivity contribution in [3.8, 4) is 0 Å². The molecular weight excluding hydrogens is 224 g/mol. The van der Waals surface area contributed by atoms with Crippen molar-refractivity contribution >= 4 is 11.9 Å². The van der Waals surface area contributed by atoms with Crippen LogP contribution in [0.3, 0.4) is 0 Å². The van der Waals surface area contributed by atoms with Gasteiger partial charge in [0.15, 0.2) is 11.2 Å². The first-order valence-corrected chi connectivity index (χ1v) is 6.18. The third-order valence-corrected chi connectivity index (χ3v) is 3.99. The van der Waals surface area contributed by atoms with E-state index in [1.165, 1.54) is 0 Å². The zero-order valence-corrected chi connectivity index (χ0v) is 9.78. The Balaban J connectivity index is 2.22. The summed E-state index contributed by atoms with van der Waals surface area (Å²) in [6, 6.07) is 0. The van der Waals surface area contributed by atoms with Gasteiger partial charge in [0, 0.05) is 0 Å². The number of hydrogen-bond acceptors (Lipinski definition) is 3. The van der Waals surface area contributed by atoms with Crippen molar-refractivity contribution in [2.24, 2.45) is 0 Å². The average molecular weight is 242 g/mol. The SMILES string of the molecule is O=C(O)C1(OC2(C(=O)O)CCCC2)CCCC1. The van der Waals surface area contributed by atoms with E-state index in [0.717, 1.165) is 25.7 Å². The molecule has 0 radical (unpaired) electrons. The van der Waals surface area contributed by atoms with Crippen LogP contribution in [0, 0.1) is 0 Å². The Morgan fingerprint density at radius 2 is 1.06 bits per heavy atom. The summed E-state index contributed by atoms with van der Waals surface area (Å²) in [4.78, 5) is 22.7. The Labute approximate surface area is 99.8 Å². The number of hydrogen-bond donors (Lipinski definition) is 2. The summed E-state index contributed by atoms with van der Waals surface area (Å²) in [6.07, 6.45) is 4.89. The zero-order valence-electron chi connectivity index (χ0n) is 9.78. The van der Waals surface area contributed by atoms with Crippen molar-refractivity contribution < 1.29 is 24.5 Å². The molecule has 96 valence electrons. The second-order valence-electron chi connectivity index (χ2n) is 5.12. The van der Waals surface area contributed by atoms with Crippen LogP contribution < -0.4 is 0 Å². The first kappa shape index (κ1) is 12.4. The molecule has 2 saturated carbocycles. The molecule has 2 aliphatic carbocycles. The van der Waals surface area contributed by atoms with Crippen LogP contribution in [0.5, 0.6) is 0 Å². The van der Waals surface area contributed by atoms with Gasteiger partial charge in [-0.15, -0.1) is 0 Å². The first-order valence-electron chi connectivity index (χ1n) is 6.18. The smallest absolute Gasteiger partial charge is 0.336 e. The van der Waals surface area contributed by atoms with Gasteiger partial charge in [-0.05, 0) is 51.4 Å². The Kier molecular flexibility index (Phi) is 3.12. The lowest BCUT2D eigenvalue weighted by atomic mass is 9.96. The van der Waals surface area contributed by atoms with Gasteiger partial charge in [-0.2, -0.15) is 0 Å². The molecule has 2 fully saturated rings. The van der Waals surface area contributed by atoms with Gasteiger partial charge in [-0.25, -0.2) is 9.59 Å². The van der Waals surface area contributed by atoms with Crippen molar-refractivity contribution in [3.05, 3.63) is 0 Å². The number of carboxylic acids is 2. The summed E-state index contributed by atoms with van der Waals surface area (Å²) in [6.45, 7) is 0. The van der Waals surface area contributed by atoms with Crippen LogP contribution in [0.2, 0.25) is 0 Å². The fourth-order valence-electron chi connectivity index (χ4n) is 2.99.